The number of unbranched alkanes of at least 4 members (excludes halogenated alkanes) is 1. The van der Waals surface area contributed by atoms with Gasteiger partial charge in [-0.15, -0.1) is 11.6 Å². The highest BCUT2D eigenvalue weighted by molar-refractivity contribution is 6.19. The van der Waals surface area contributed by atoms with Gasteiger partial charge >= 0.3 is 0 Å². The zero-order valence-corrected chi connectivity index (χ0v) is 7.45. The fourth-order valence-corrected chi connectivity index (χ4v) is 0.829. The Labute approximate surface area is 68.0 Å². The van der Waals surface area contributed by atoms with Crippen molar-refractivity contribution < 1.29 is 4.74 Å². The van der Waals surface area contributed by atoms with Crippen molar-refractivity contribution in [3.05, 3.63) is 11.8 Å². The van der Waals surface area contributed by atoms with Gasteiger partial charge in [0.25, 0.3) is 0 Å². The summed E-state index contributed by atoms with van der Waals surface area (Å²) in [5.74, 6) is 1.40. The predicted molar refractivity (Wildman–Crippen MR) is 45.3 cm³/mol. The van der Waals surface area contributed by atoms with Crippen molar-refractivity contribution in [2.24, 2.45) is 0 Å². The molecule has 60 valence electrons. The first-order valence-corrected chi connectivity index (χ1v) is 4.26. The SMILES string of the molecule is CCC/C=C(\CCl)OCC. The lowest BCUT2D eigenvalue weighted by Gasteiger charge is -2.03. The van der Waals surface area contributed by atoms with E-state index in [1.165, 1.54) is 0 Å². The highest BCUT2D eigenvalue weighted by Gasteiger charge is 1.91. The number of ether oxygens (including phenoxy) is 1. The molecule has 2 heteroatoms. The highest BCUT2D eigenvalue weighted by atomic mass is 35.5. The zero-order chi connectivity index (χ0) is 7.82. The van der Waals surface area contributed by atoms with E-state index >= 15 is 0 Å². The van der Waals surface area contributed by atoms with Gasteiger partial charge in [-0.05, 0) is 19.4 Å². The van der Waals surface area contributed by atoms with Crippen LogP contribution < -0.4 is 0 Å². The van der Waals surface area contributed by atoms with Crippen molar-refractivity contribution >= 4 is 11.6 Å². The van der Waals surface area contributed by atoms with Crippen LogP contribution in [0.25, 0.3) is 0 Å². The monoisotopic (exact) mass is 162 g/mol. The van der Waals surface area contributed by atoms with Gasteiger partial charge in [0.05, 0.1) is 12.5 Å². The van der Waals surface area contributed by atoms with E-state index in [4.69, 9.17) is 16.3 Å². The van der Waals surface area contributed by atoms with E-state index in [1.54, 1.807) is 0 Å². The van der Waals surface area contributed by atoms with Crippen LogP contribution in [0.2, 0.25) is 0 Å². The molecule has 1 nitrogen and oxygen atoms in total. The fraction of sp³-hybridized carbons (Fsp3) is 0.750. The number of rotatable bonds is 5. The average molecular weight is 163 g/mol. The lowest BCUT2D eigenvalue weighted by Crippen LogP contribution is -1.92. The maximum atomic E-state index is 5.59. The molecule has 0 radical (unpaired) electrons. The van der Waals surface area contributed by atoms with Crippen molar-refractivity contribution in [1.82, 2.24) is 0 Å². The molecule has 0 aliphatic heterocycles. The largest absolute Gasteiger partial charge is 0.497 e. The van der Waals surface area contributed by atoms with Crippen LogP contribution in [0.5, 0.6) is 0 Å². The Morgan fingerprint density at radius 1 is 1.50 bits per heavy atom. The number of hydrogen-bond donors (Lipinski definition) is 0. The fourth-order valence-electron chi connectivity index (χ4n) is 0.643. The number of hydrogen-bond acceptors (Lipinski definition) is 1. The summed E-state index contributed by atoms with van der Waals surface area (Å²) in [4.78, 5) is 0. The van der Waals surface area contributed by atoms with Crippen LogP contribution in [0.3, 0.4) is 0 Å². The maximum absolute atomic E-state index is 5.59. The summed E-state index contributed by atoms with van der Waals surface area (Å²) in [6.45, 7) is 4.81. The third-order valence-corrected chi connectivity index (χ3v) is 1.39. The Morgan fingerprint density at radius 2 is 2.20 bits per heavy atom. The first-order valence-electron chi connectivity index (χ1n) is 3.72. The summed E-state index contributed by atoms with van der Waals surface area (Å²) in [7, 11) is 0. The van der Waals surface area contributed by atoms with Crippen LogP contribution in [0.15, 0.2) is 11.8 Å². The maximum Gasteiger partial charge on any atom is 0.107 e. The predicted octanol–water partition coefficient (Wildman–Crippen LogP) is 2.95. The van der Waals surface area contributed by atoms with Crippen molar-refractivity contribution in [3.8, 4) is 0 Å². The molecular weight excluding hydrogens is 148 g/mol. The molecule has 0 saturated carbocycles. The second kappa shape index (κ2) is 6.94. The number of alkyl halides is 1. The van der Waals surface area contributed by atoms with E-state index < -0.39 is 0 Å². The van der Waals surface area contributed by atoms with Crippen LogP contribution in [-0.4, -0.2) is 12.5 Å². The molecule has 0 aromatic carbocycles. The Hall–Kier alpha value is -0.170. The van der Waals surface area contributed by atoms with Crippen LogP contribution in [0, 0.1) is 0 Å². The molecule has 0 N–H and O–H groups in total. The molecule has 0 atom stereocenters. The summed E-state index contributed by atoms with van der Waals surface area (Å²) in [5.41, 5.74) is 0. The Morgan fingerprint density at radius 3 is 2.60 bits per heavy atom. The van der Waals surface area contributed by atoms with Gasteiger partial charge in [-0.3, -0.25) is 0 Å². The van der Waals surface area contributed by atoms with Crippen molar-refractivity contribution in [1.29, 1.82) is 0 Å². The molecule has 0 heterocycles. The molecule has 0 aliphatic carbocycles. The van der Waals surface area contributed by atoms with Crippen molar-refractivity contribution in [3.63, 3.8) is 0 Å². The quantitative estimate of drug-likeness (QED) is 0.446. The topological polar surface area (TPSA) is 9.23 Å². The molecule has 0 saturated heterocycles. The van der Waals surface area contributed by atoms with E-state index in [2.05, 4.69) is 13.0 Å². The molecule has 0 spiro atoms. The smallest absolute Gasteiger partial charge is 0.107 e. The van der Waals surface area contributed by atoms with E-state index in [0.29, 0.717) is 12.5 Å². The van der Waals surface area contributed by atoms with Gasteiger partial charge in [0.1, 0.15) is 5.76 Å². The Balaban J connectivity index is 3.55. The van der Waals surface area contributed by atoms with Crippen LogP contribution >= 0.6 is 11.6 Å². The first kappa shape index (κ1) is 9.83. The molecule has 0 rings (SSSR count). The molecule has 0 aliphatic rings. The summed E-state index contributed by atoms with van der Waals surface area (Å²) in [6, 6.07) is 0. The third kappa shape index (κ3) is 4.68. The first-order chi connectivity index (χ1) is 4.85. The van der Waals surface area contributed by atoms with Crippen molar-refractivity contribution in [2.45, 2.75) is 26.7 Å². The van der Waals surface area contributed by atoms with Gasteiger partial charge in [0.15, 0.2) is 0 Å². The molecule has 10 heavy (non-hydrogen) atoms. The van der Waals surface area contributed by atoms with E-state index in [9.17, 15) is 0 Å². The van der Waals surface area contributed by atoms with Gasteiger partial charge in [0.2, 0.25) is 0 Å². The number of allylic oxidation sites excluding steroid dienone is 2. The minimum atomic E-state index is 0.494. The van der Waals surface area contributed by atoms with E-state index in [-0.39, 0.29) is 0 Å². The lowest BCUT2D eigenvalue weighted by atomic mass is 10.3. The van der Waals surface area contributed by atoms with Gasteiger partial charge < -0.3 is 4.74 Å². The van der Waals surface area contributed by atoms with Gasteiger partial charge in [-0.25, -0.2) is 0 Å². The Bertz CT molecular complexity index is 99.4. The molecule has 0 amide bonds. The van der Waals surface area contributed by atoms with Gasteiger partial charge in [-0.2, -0.15) is 0 Å². The summed E-state index contributed by atoms with van der Waals surface area (Å²) in [6.07, 6.45) is 4.26. The molecule has 0 unspecified atom stereocenters. The number of halogens is 1. The second-order valence-electron chi connectivity index (χ2n) is 2.03. The normalized spacial score (nSPS) is 11.7. The third-order valence-electron chi connectivity index (χ3n) is 1.12. The Kier molecular flexibility index (Phi) is 6.83. The summed E-state index contributed by atoms with van der Waals surface area (Å²) in [5, 5.41) is 0. The van der Waals surface area contributed by atoms with Crippen LogP contribution in [0.4, 0.5) is 0 Å². The minimum absolute atomic E-state index is 0.494. The summed E-state index contributed by atoms with van der Waals surface area (Å²) < 4.78 is 5.22. The molecule has 0 fully saturated rings. The standard InChI is InChI=1S/C8H15ClO/c1-3-5-6-8(7-9)10-4-2/h6H,3-5,7H2,1-2H3/b8-6+. The highest BCUT2D eigenvalue weighted by Crippen LogP contribution is 2.02. The van der Waals surface area contributed by atoms with Crippen molar-refractivity contribution in [2.75, 3.05) is 12.5 Å². The molecule has 0 aromatic heterocycles. The van der Waals surface area contributed by atoms with Gasteiger partial charge in [-0.1, -0.05) is 13.3 Å². The van der Waals surface area contributed by atoms with Crippen LogP contribution in [0.1, 0.15) is 26.7 Å². The van der Waals surface area contributed by atoms with E-state index in [1.807, 2.05) is 6.92 Å². The average Bonchev–Trinajstić information content (AvgIpc) is 1.98. The zero-order valence-electron chi connectivity index (χ0n) is 6.69. The molecule has 0 aromatic rings. The molecular formula is C8H15ClO. The van der Waals surface area contributed by atoms with Crippen LogP contribution in [-0.2, 0) is 4.74 Å². The second-order valence-corrected chi connectivity index (χ2v) is 2.29. The van der Waals surface area contributed by atoms with Gasteiger partial charge in [0, 0.05) is 0 Å². The minimum Gasteiger partial charge on any atom is -0.497 e. The lowest BCUT2D eigenvalue weighted by molar-refractivity contribution is 0.231. The molecule has 0 bridgehead atoms. The van der Waals surface area contributed by atoms with E-state index in [0.717, 1.165) is 18.6 Å². The summed E-state index contributed by atoms with van der Waals surface area (Å²) >= 11 is 5.59.